The highest BCUT2D eigenvalue weighted by molar-refractivity contribution is 5.77. The fraction of sp³-hybridized carbons (Fsp3) is 0.364. The van der Waals surface area contributed by atoms with Crippen LogP contribution in [0.4, 0.5) is 0 Å². The highest BCUT2D eigenvalue weighted by Gasteiger charge is 2.22. The van der Waals surface area contributed by atoms with Gasteiger partial charge in [0.25, 0.3) is 0 Å². The van der Waals surface area contributed by atoms with E-state index in [0.29, 0.717) is 0 Å². The molecule has 1 fully saturated rings. The second kappa shape index (κ2) is 3.38. The summed E-state index contributed by atoms with van der Waals surface area (Å²) in [6.45, 7) is 1.72. The van der Waals surface area contributed by atoms with Crippen LogP contribution < -0.4 is 15.7 Å². The van der Waals surface area contributed by atoms with Crippen molar-refractivity contribution in [3.63, 3.8) is 0 Å². The van der Waals surface area contributed by atoms with E-state index in [1.54, 1.807) is 7.11 Å². The third-order valence-electron chi connectivity index (χ3n) is 3.05. The number of methoxy groups -OCH3 is 1. The molecule has 1 aliphatic heterocycles. The molecular weight excluding hydrogens is 206 g/mol. The van der Waals surface area contributed by atoms with E-state index in [9.17, 15) is 4.79 Å². The Hall–Kier alpha value is -1.75. The number of aromatic amines is 1. The molecule has 0 spiro atoms. The van der Waals surface area contributed by atoms with E-state index in [1.165, 1.54) is 0 Å². The summed E-state index contributed by atoms with van der Waals surface area (Å²) in [5.41, 5.74) is 1.73. The Kier molecular flexibility index (Phi) is 2.00. The van der Waals surface area contributed by atoms with Crippen molar-refractivity contribution >= 4 is 11.0 Å². The first-order chi connectivity index (χ1) is 7.79. The van der Waals surface area contributed by atoms with Crippen molar-refractivity contribution in [2.75, 3.05) is 20.2 Å². The van der Waals surface area contributed by atoms with E-state index in [0.717, 1.165) is 29.9 Å². The Morgan fingerprint density at radius 2 is 2.25 bits per heavy atom. The normalized spacial score (nSPS) is 16.3. The smallest absolute Gasteiger partial charge is 0.326 e. The zero-order chi connectivity index (χ0) is 11.1. The third kappa shape index (κ3) is 1.25. The first kappa shape index (κ1) is 9.47. The highest BCUT2D eigenvalue weighted by atomic mass is 16.5. The van der Waals surface area contributed by atoms with E-state index >= 15 is 0 Å². The zero-order valence-corrected chi connectivity index (χ0v) is 8.99. The van der Waals surface area contributed by atoms with Crippen LogP contribution >= 0.6 is 0 Å². The van der Waals surface area contributed by atoms with Crippen LogP contribution in [0.25, 0.3) is 11.0 Å². The lowest BCUT2D eigenvalue weighted by Gasteiger charge is -2.28. The summed E-state index contributed by atoms with van der Waals surface area (Å²) in [6.07, 6.45) is 0. The van der Waals surface area contributed by atoms with Gasteiger partial charge in [-0.05, 0) is 12.1 Å². The molecule has 0 atom stereocenters. The highest BCUT2D eigenvalue weighted by Crippen LogP contribution is 2.21. The third-order valence-corrected chi connectivity index (χ3v) is 3.05. The molecule has 0 bridgehead atoms. The van der Waals surface area contributed by atoms with E-state index in [2.05, 4.69) is 10.3 Å². The molecule has 2 heterocycles. The molecule has 84 valence electrons. The van der Waals surface area contributed by atoms with Gasteiger partial charge in [0.2, 0.25) is 0 Å². The average Bonchev–Trinajstić information content (AvgIpc) is 2.53. The van der Waals surface area contributed by atoms with Gasteiger partial charge in [0.1, 0.15) is 5.75 Å². The predicted octanol–water partition coefficient (Wildman–Crippen LogP) is 0.482. The average molecular weight is 219 g/mol. The number of nitrogens with zero attached hydrogens (tertiary/aromatic N) is 1. The largest absolute Gasteiger partial charge is 0.497 e. The molecule has 0 saturated carbocycles. The van der Waals surface area contributed by atoms with Gasteiger partial charge in [-0.3, -0.25) is 4.57 Å². The monoisotopic (exact) mass is 219 g/mol. The number of ether oxygens (including phenoxy) is 1. The fourth-order valence-corrected chi connectivity index (χ4v) is 2.06. The maximum Gasteiger partial charge on any atom is 0.326 e. The van der Waals surface area contributed by atoms with Crippen LogP contribution in [0, 0.1) is 0 Å². The molecule has 1 aromatic heterocycles. The lowest BCUT2D eigenvalue weighted by Crippen LogP contribution is -2.46. The summed E-state index contributed by atoms with van der Waals surface area (Å²) in [7, 11) is 1.62. The van der Waals surface area contributed by atoms with Crippen molar-refractivity contribution in [1.82, 2.24) is 14.9 Å². The first-order valence-corrected chi connectivity index (χ1v) is 5.28. The molecule has 1 aliphatic rings. The van der Waals surface area contributed by atoms with Gasteiger partial charge >= 0.3 is 5.69 Å². The Morgan fingerprint density at radius 1 is 1.44 bits per heavy atom. The Morgan fingerprint density at radius 3 is 2.88 bits per heavy atom. The number of imidazole rings is 1. The molecule has 3 rings (SSSR count). The minimum atomic E-state index is -0.0465. The molecule has 1 aromatic carbocycles. The van der Waals surface area contributed by atoms with Gasteiger partial charge in [0, 0.05) is 19.2 Å². The molecule has 16 heavy (non-hydrogen) atoms. The van der Waals surface area contributed by atoms with Crippen LogP contribution in [0.3, 0.4) is 0 Å². The van der Waals surface area contributed by atoms with E-state index in [4.69, 9.17) is 4.74 Å². The van der Waals surface area contributed by atoms with Gasteiger partial charge in [0.05, 0.1) is 24.2 Å². The molecular formula is C11H13N3O2. The fourth-order valence-electron chi connectivity index (χ4n) is 2.06. The van der Waals surface area contributed by atoms with Crippen molar-refractivity contribution in [1.29, 1.82) is 0 Å². The summed E-state index contributed by atoms with van der Waals surface area (Å²) in [4.78, 5) is 14.7. The maximum absolute atomic E-state index is 11.8. The Balaban J connectivity index is 2.20. The predicted molar refractivity (Wildman–Crippen MR) is 61.0 cm³/mol. The van der Waals surface area contributed by atoms with Gasteiger partial charge in [-0.2, -0.15) is 0 Å². The van der Waals surface area contributed by atoms with E-state index < -0.39 is 0 Å². The SMILES string of the molecule is COc1ccc2c(c1)[nH]c(=O)n2C1CNC1. The number of nitrogens with one attached hydrogen (secondary N) is 2. The van der Waals surface area contributed by atoms with Crippen LogP contribution in [-0.2, 0) is 0 Å². The number of hydrogen-bond acceptors (Lipinski definition) is 3. The number of fused-ring (bicyclic) bond motifs is 1. The van der Waals surface area contributed by atoms with Crippen LogP contribution in [0.5, 0.6) is 5.75 Å². The number of benzene rings is 1. The molecule has 0 amide bonds. The summed E-state index contributed by atoms with van der Waals surface area (Å²) in [5.74, 6) is 0.757. The van der Waals surface area contributed by atoms with Gasteiger partial charge in [0.15, 0.2) is 0 Å². The van der Waals surface area contributed by atoms with Crippen molar-refractivity contribution in [2.24, 2.45) is 0 Å². The first-order valence-electron chi connectivity index (χ1n) is 5.28. The van der Waals surface area contributed by atoms with Crippen LogP contribution in [0.15, 0.2) is 23.0 Å². The molecule has 0 radical (unpaired) electrons. The van der Waals surface area contributed by atoms with Crippen molar-refractivity contribution in [2.45, 2.75) is 6.04 Å². The minimum absolute atomic E-state index is 0.0465. The lowest BCUT2D eigenvalue weighted by molar-refractivity contribution is 0.344. The van der Waals surface area contributed by atoms with Gasteiger partial charge in [-0.25, -0.2) is 4.79 Å². The topological polar surface area (TPSA) is 59.1 Å². The summed E-state index contributed by atoms with van der Waals surface area (Å²) < 4.78 is 6.94. The van der Waals surface area contributed by atoms with Crippen LogP contribution in [-0.4, -0.2) is 29.8 Å². The molecule has 2 aromatic rings. The summed E-state index contributed by atoms with van der Waals surface area (Å²) >= 11 is 0. The zero-order valence-electron chi connectivity index (χ0n) is 8.99. The van der Waals surface area contributed by atoms with Gasteiger partial charge in [-0.1, -0.05) is 0 Å². The number of aromatic nitrogens is 2. The van der Waals surface area contributed by atoms with Crippen molar-refractivity contribution in [3.8, 4) is 5.75 Å². The Labute approximate surface area is 92.0 Å². The second-order valence-electron chi connectivity index (χ2n) is 4.00. The maximum atomic E-state index is 11.8. The van der Waals surface area contributed by atoms with Crippen LogP contribution in [0.2, 0.25) is 0 Å². The lowest BCUT2D eigenvalue weighted by atomic mass is 10.1. The van der Waals surface area contributed by atoms with E-state index in [-0.39, 0.29) is 11.7 Å². The van der Waals surface area contributed by atoms with Gasteiger partial charge in [-0.15, -0.1) is 0 Å². The second-order valence-corrected chi connectivity index (χ2v) is 4.00. The quantitative estimate of drug-likeness (QED) is 0.772. The number of rotatable bonds is 2. The standard InChI is InChI=1S/C11H13N3O2/c1-16-8-2-3-10-9(4-8)13-11(15)14(10)7-5-12-6-7/h2-4,7,12H,5-6H2,1H3,(H,13,15). The number of hydrogen-bond donors (Lipinski definition) is 2. The van der Waals surface area contributed by atoms with E-state index in [1.807, 2.05) is 22.8 Å². The Bertz CT molecular complexity index is 580. The minimum Gasteiger partial charge on any atom is -0.497 e. The molecule has 0 unspecified atom stereocenters. The molecule has 5 heteroatoms. The molecule has 2 N–H and O–H groups in total. The van der Waals surface area contributed by atoms with Crippen molar-refractivity contribution < 1.29 is 4.74 Å². The molecule has 1 saturated heterocycles. The summed E-state index contributed by atoms with van der Waals surface area (Å²) in [5, 5.41) is 3.17. The van der Waals surface area contributed by atoms with Gasteiger partial charge < -0.3 is 15.0 Å². The molecule has 0 aliphatic carbocycles. The molecule has 5 nitrogen and oxygen atoms in total. The van der Waals surface area contributed by atoms with Crippen molar-refractivity contribution in [3.05, 3.63) is 28.7 Å². The van der Waals surface area contributed by atoms with Crippen LogP contribution in [0.1, 0.15) is 6.04 Å². The number of H-pyrrole nitrogens is 1. The summed E-state index contributed by atoms with van der Waals surface area (Å²) in [6, 6.07) is 5.91.